The molecule has 1 aliphatic heterocycles. The predicted octanol–water partition coefficient (Wildman–Crippen LogP) is 3.12. The fraction of sp³-hybridized carbons (Fsp3) is 0.533. The van der Waals surface area contributed by atoms with E-state index in [1.807, 2.05) is 0 Å². The van der Waals surface area contributed by atoms with Crippen LogP contribution in [-0.2, 0) is 16.8 Å². The minimum Gasteiger partial charge on any atom is -0.493 e. The Morgan fingerprint density at radius 1 is 1.22 bits per heavy atom. The Morgan fingerprint density at radius 2 is 2.06 bits per heavy atom. The first kappa shape index (κ1) is 11.5. The van der Waals surface area contributed by atoms with Gasteiger partial charge in [-0.3, -0.25) is 0 Å². The maximum Gasteiger partial charge on any atom is 0.235 e. The average molecular weight is 243 g/mol. The highest BCUT2D eigenvalue weighted by Crippen LogP contribution is 2.43. The molecule has 1 saturated carbocycles. The van der Waals surface area contributed by atoms with Gasteiger partial charge in [-0.1, -0.05) is 25.0 Å². The molecule has 1 fully saturated rings. The molecule has 0 aromatic heterocycles. The van der Waals surface area contributed by atoms with E-state index in [0.29, 0.717) is 0 Å². The van der Waals surface area contributed by atoms with Gasteiger partial charge in [0.1, 0.15) is 5.75 Å². The van der Waals surface area contributed by atoms with Crippen molar-refractivity contribution in [3.8, 4) is 5.75 Å². The summed E-state index contributed by atoms with van der Waals surface area (Å²) in [6.45, 7) is 0.792. The van der Waals surface area contributed by atoms with E-state index in [1.165, 1.54) is 5.56 Å². The van der Waals surface area contributed by atoms with Crippen molar-refractivity contribution in [1.29, 1.82) is 0 Å². The standard InChI is InChI=1S/C15H17NO2/c17-11-16-15(7-1-2-8-15)13-6-5-12-4-3-9-18-14(12)10-13/h5-6,10H,1-4,7-9H2. The van der Waals surface area contributed by atoms with E-state index in [4.69, 9.17) is 4.74 Å². The molecule has 0 saturated heterocycles. The summed E-state index contributed by atoms with van der Waals surface area (Å²) in [5, 5.41) is 0. The van der Waals surface area contributed by atoms with Crippen molar-refractivity contribution in [1.82, 2.24) is 0 Å². The van der Waals surface area contributed by atoms with Crippen LogP contribution in [0, 0.1) is 0 Å². The second kappa shape index (κ2) is 4.58. The highest BCUT2D eigenvalue weighted by Gasteiger charge is 2.36. The molecule has 3 nitrogen and oxygen atoms in total. The average Bonchev–Trinajstić information content (AvgIpc) is 2.88. The van der Waals surface area contributed by atoms with Gasteiger partial charge < -0.3 is 4.74 Å². The molecule has 3 heteroatoms. The highest BCUT2D eigenvalue weighted by atomic mass is 16.5. The third-order valence-corrected chi connectivity index (χ3v) is 4.14. The van der Waals surface area contributed by atoms with E-state index >= 15 is 0 Å². The van der Waals surface area contributed by atoms with Crippen LogP contribution in [0.4, 0.5) is 0 Å². The number of ether oxygens (including phenoxy) is 1. The van der Waals surface area contributed by atoms with Crippen molar-refractivity contribution in [3.63, 3.8) is 0 Å². The number of hydrogen-bond acceptors (Lipinski definition) is 3. The first-order chi connectivity index (χ1) is 8.84. The lowest BCUT2D eigenvalue weighted by Crippen LogP contribution is -2.20. The zero-order chi connectivity index (χ0) is 12.4. The van der Waals surface area contributed by atoms with E-state index in [1.54, 1.807) is 6.08 Å². The van der Waals surface area contributed by atoms with Gasteiger partial charge in [0, 0.05) is 0 Å². The summed E-state index contributed by atoms with van der Waals surface area (Å²) in [6.07, 6.45) is 8.08. The van der Waals surface area contributed by atoms with Gasteiger partial charge >= 0.3 is 0 Å². The van der Waals surface area contributed by atoms with Crippen LogP contribution in [-0.4, -0.2) is 12.7 Å². The van der Waals surface area contributed by atoms with Gasteiger partial charge in [-0.2, -0.15) is 4.99 Å². The molecule has 1 aromatic carbocycles. The molecule has 0 amide bonds. The van der Waals surface area contributed by atoms with Gasteiger partial charge in [0.05, 0.1) is 12.1 Å². The smallest absolute Gasteiger partial charge is 0.235 e. The van der Waals surface area contributed by atoms with Gasteiger partial charge in [0.15, 0.2) is 0 Å². The van der Waals surface area contributed by atoms with Gasteiger partial charge in [0.25, 0.3) is 0 Å². The number of nitrogens with zero attached hydrogens (tertiary/aromatic N) is 1. The van der Waals surface area contributed by atoms with Crippen molar-refractivity contribution in [3.05, 3.63) is 29.3 Å². The summed E-state index contributed by atoms with van der Waals surface area (Å²) in [5.41, 5.74) is 2.05. The molecule has 0 spiro atoms. The zero-order valence-corrected chi connectivity index (χ0v) is 10.4. The topological polar surface area (TPSA) is 38.7 Å². The Balaban J connectivity index is 2.02. The van der Waals surface area contributed by atoms with E-state index < -0.39 is 0 Å². The molecule has 2 aliphatic rings. The Hall–Kier alpha value is -1.60. The lowest BCUT2D eigenvalue weighted by atomic mass is 9.87. The monoisotopic (exact) mass is 243 g/mol. The zero-order valence-electron chi connectivity index (χ0n) is 10.4. The van der Waals surface area contributed by atoms with E-state index in [-0.39, 0.29) is 5.54 Å². The molecule has 3 rings (SSSR count). The Kier molecular flexibility index (Phi) is 2.92. The number of hydrogen-bond donors (Lipinski definition) is 0. The van der Waals surface area contributed by atoms with Crippen molar-refractivity contribution < 1.29 is 9.53 Å². The molecule has 0 unspecified atom stereocenters. The first-order valence-electron chi connectivity index (χ1n) is 6.69. The van der Waals surface area contributed by atoms with Crippen molar-refractivity contribution in [2.45, 2.75) is 44.1 Å². The molecule has 1 aromatic rings. The molecular formula is C15H17NO2. The lowest BCUT2D eigenvalue weighted by Gasteiger charge is -2.25. The van der Waals surface area contributed by atoms with Crippen LogP contribution in [0.5, 0.6) is 5.75 Å². The number of fused-ring (bicyclic) bond motifs is 1. The maximum atomic E-state index is 10.7. The van der Waals surface area contributed by atoms with Gasteiger partial charge in [-0.05, 0) is 42.9 Å². The number of benzene rings is 1. The highest BCUT2D eigenvalue weighted by molar-refractivity contribution is 5.44. The summed E-state index contributed by atoms with van der Waals surface area (Å²) >= 11 is 0. The molecule has 0 N–H and O–H groups in total. The predicted molar refractivity (Wildman–Crippen MR) is 68.5 cm³/mol. The summed E-state index contributed by atoms with van der Waals surface area (Å²) in [7, 11) is 0. The molecule has 18 heavy (non-hydrogen) atoms. The third-order valence-electron chi connectivity index (χ3n) is 4.14. The molecule has 1 heterocycles. The summed E-state index contributed by atoms with van der Waals surface area (Å²) < 4.78 is 5.71. The number of carbonyl (C=O) groups excluding carboxylic acids is 1. The van der Waals surface area contributed by atoms with Gasteiger partial charge in [-0.25, -0.2) is 4.79 Å². The molecule has 94 valence electrons. The molecule has 0 bridgehead atoms. The van der Waals surface area contributed by atoms with Crippen LogP contribution in [0.2, 0.25) is 0 Å². The van der Waals surface area contributed by atoms with Crippen LogP contribution in [0.25, 0.3) is 0 Å². The molecule has 0 radical (unpaired) electrons. The van der Waals surface area contributed by atoms with Crippen LogP contribution in [0.1, 0.15) is 43.2 Å². The fourth-order valence-electron chi connectivity index (χ4n) is 3.14. The SMILES string of the molecule is O=C=NC1(c2ccc3c(c2)OCCC3)CCCC1. The number of aliphatic imine (C=N–C) groups is 1. The fourth-order valence-corrected chi connectivity index (χ4v) is 3.14. The number of isocyanates is 1. The second-order valence-electron chi connectivity index (χ2n) is 5.22. The van der Waals surface area contributed by atoms with Crippen molar-refractivity contribution in [2.24, 2.45) is 4.99 Å². The summed E-state index contributed by atoms with van der Waals surface area (Å²) in [4.78, 5) is 14.8. The summed E-state index contributed by atoms with van der Waals surface area (Å²) in [5.74, 6) is 0.978. The lowest BCUT2D eigenvalue weighted by molar-refractivity contribution is 0.287. The van der Waals surface area contributed by atoms with E-state index in [0.717, 1.165) is 56.4 Å². The van der Waals surface area contributed by atoms with E-state index in [2.05, 4.69) is 23.2 Å². The van der Waals surface area contributed by atoms with E-state index in [9.17, 15) is 4.79 Å². The minimum absolute atomic E-state index is 0.336. The minimum atomic E-state index is -0.336. The first-order valence-corrected chi connectivity index (χ1v) is 6.69. The Morgan fingerprint density at radius 3 is 2.83 bits per heavy atom. The number of rotatable bonds is 2. The molecular weight excluding hydrogens is 226 g/mol. The van der Waals surface area contributed by atoms with Crippen LogP contribution >= 0.6 is 0 Å². The number of aryl methyl sites for hydroxylation is 1. The Bertz CT molecular complexity index is 497. The van der Waals surface area contributed by atoms with Crippen LogP contribution in [0.3, 0.4) is 0 Å². The molecule has 1 aliphatic carbocycles. The van der Waals surface area contributed by atoms with Crippen LogP contribution < -0.4 is 4.74 Å². The second-order valence-corrected chi connectivity index (χ2v) is 5.22. The normalized spacial score (nSPS) is 20.7. The van der Waals surface area contributed by atoms with Crippen LogP contribution in [0.15, 0.2) is 23.2 Å². The Labute approximate surface area is 107 Å². The van der Waals surface area contributed by atoms with Gasteiger partial charge in [-0.15, -0.1) is 0 Å². The van der Waals surface area contributed by atoms with Gasteiger partial charge in [0.2, 0.25) is 6.08 Å². The quantitative estimate of drug-likeness (QED) is 0.591. The largest absolute Gasteiger partial charge is 0.493 e. The molecule has 0 atom stereocenters. The maximum absolute atomic E-state index is 10.7. The third kappa shape index (κ3) is 1.85. The van der Waals surface area contributed by atoms with Crippen molar-refractivity contribution >= 4 is 6.08 Å². The summed E-state index contributed by atoms with van der Waals surface area (Å²) in [6, 6.07) is 6.32. The van der Waals surface area contributed by atoms with Crippen molar-refractivity contribution in [2.75, 3.05) is 6.61 Å².